The third kappa shape index (κ3) is 4.45. The number of hydrogen-bond donors (Lipinski definition) is 1. The number of ether oxygens (including phenoxy) is 1. The first-order valence-corrected chi connectivity index (χ1v) is 5.80. The lowest BCUT2D eigenvalue weighted by Crippen LogP contribution is -2.44. The van der Waals surface area contributed by atoms with Gasteiger partial charge in [0.25, 0.3) is 0 Å². The number of nitrogens with zero attached hydrogens (tertiary/aromatic N) is 3. The van der Waals surface area contributed by atoms with Crippen LogP contribution in [0.3, 0.4) is 0 Å². The molecule has 2 N–H and O–H groups in total. The number of morpholine rings is 1. The number of guanidine groups is 1. The van der Waals surface area contributed by atoms with E-state index in [4.69, 9.17) is 15.0 Å². The Kier molecular flexibility index (Phi) is 6.41. The Morgan fingerprint density at radius 3 is 2.83 bits per heavy atom. The summed E-state index contributed by atoms with van der Waals surface area (Å²) in [6, 6.07) is 1.92. The van der Waals surface area contributed by atoms with Crippen molar-refractivity contribution in [2.75, 3.05) is 32.8 Å². The van der Waals surface area contributed by atoms with E-state index in [1.807, 2.05) is 17.9 Å². The number of nitrogens with two attached hydrogens (primary N) is 1. The molecule has 0 aliphatic carbocycles. The zero-order chi connectivity index (χ0) is 12.1. The van der Waals surface area contributed by atoms with Gasteiger partial charge in [-0.15, -0.1) is 24.0 Å². The summed E-state index contributed by atoms with van der Waals surface area (Å²) in [6.07, 6.45) is 0.728. The van der Waals surface area contributed by atoms with Crippen molar-refractivity contribution < 1.29 is 9.26 Å². The fraction of sp³-hybridized carbons (Fsp3) is 0.636. The Labute approximate surface area is 124 Å². The fourth-order valence-electron chi connectivity index (χ4n) is 1.71. The van der Waals surface area contributed by atoms with Crippen LogP contribution >= 0.6 is 24.0 Å². The molecule has 1 saturated heterocycles. The summed E-state index contributed by atoms with van der Waals surface area (Å²) in [5.41, 5.74) is 6.79. The molecule has 0 aromatic carbocycles. The number of rotatable bonds is 3. The molecular formula is C11H19IN4O2. The van der Waals surface area contributed by atoms with Gasteiger partial charge >= 0.3 is 0 Å². The van der Waals surface area contributed by atoms with Gasteiger partial charge in [0.05, 0.1) is 18.9 Å². The number of aryl methyl sites for hydroxylation is 1. The minimum Gasteiger partial charge on any atom is -0.378 e. The van der Waals surface area contributed by atoms with E-state index in [-0.39, 0.29) is 24.0 Å². The lowest BCUT2D eigenvalue weighted by molar-refractivity contribution is 0.0674. The Hall–Kier alpha value is -0.830. The fourth-order valence-corrected chi connectivity index (χ4v) is 1.71. The summed E-state index contributed by atoms with van der Waals surface area (Å²) >= 11 is 0. The quantitative estimate of drug-likeness (QED) is 0.486. The number of aliphatic imine (C=N–C) groups is 1. The maximum atomic E-state index is 5.89. The summed E-state index contributed by atoms with van der Waals surface area (Å²) in [5.74, 6) is 1.44. The van der Waals surface area contributed by atoms with Crippen LogP contribution in [0.25, 0.3) is 0 Å². The second kappa shape index (κ2) is 7.57. The minimum atomic E-state index is 0. The highest BCUT2D eigenvalue weighted by atomic mass is 127. The maximum Gasteiger partial charge on any atom is 0.191 e. The summed E-state index contributed by atoms with van der Waals surface area (Å²) in [7, 11) is 0. The van der Waals surface area contributed by atoms with Crippen LogP contribution in [-0.4, -0.2) is 48.9 Å². The molecule has 0 spiro atoms. The van der Waals surface area contributed by atoms with Crippen LogP contribution in [0, 0.1) is 6.92 Å². The predicted molar refractivity (Wildman–Crippen MR) is 79.2 cm³/mol. The molecule has 1 aromatic heterocycles. The summed E-state index contributed by atoms with van der Waals surface area (Å²) in [4.78, 5) is 6.37. The first-order valence-electron chi connectivity index (χ1n) is 5.80. The van der Waals surface area contributed by atoms with Gasteiger partial charge in [0.15, 0.2) is 5.96 Å². The predicted octanol–water partition coefficient (Wildman–Crippen LogP) is 0.790. The van der Waals surface area contributed by atoms with Crippen LogP contribution < -0.4 is 5.73 Å². The average molecular weight is 366 g/mol. The minimum absolute atomic E-state index is 0. The molecule has 102 valence electrons. The molecule has 0 radical (unpaired) electrons. The monoisotopic (exact) mass is 366 g/mol. The van der Waals surface area contributed by atoms with E-state index in [0.29, 0.717) is 12.5 Å². The van der Waals surface area contributed by atoms with Gasteiger partial charge in [0.2, 0.25) is 0 Å². The summed E-state index contributed by atoms with van der Waals surface area (Å²) < 4.78 is 10.3. The zero-order valence-electron chi connectivity index (χ0n) is 10.5. The highest BCUT2D eigenvalue weighted by Gasteiger charge is 2.11. The standard InChI is InChI=1S/C11H18N4O2.HI/c1-9-8-10(17-14-9)2-3-13-11(12)15-4-6-16-7-5-15;/h8H,2-7H2,1H3,(H2,12,13);1H. The van der Waals surface area contributed by atoms with Crippen LogP contribution in [0.1, 0.15) is 11.5 Å². The van der Waals surface area contributed by atoms with Gasteiger partial charge in [0.1, 0.15) is 5.76 Å². The third-order valence-corrected chi connectivity index (χ3v) is 2.64. The third-order valence-electron chi connectivity index (χ3n) is 2.64. The molecule has 0 bridgehead atoms. The smallest absolute Gasteiger partial charge is 0.191 e. The molecule has 7 heteroatoms. The van der Waals surface area contributed by atoms with Crippen LogP contribution in [0.15, 0.2) is 15.6 Å². The van der Waals surface area contributed by atoms with E-state index in [1.165, 1.54) is 0 Å². The molecule has 1 aliphatic heterocycles. The highest BCUT2D eigenvalue weighted by Crippen LogP contribution is 2.03. The van der Waals surface area contributed by atoms with Gasteiger partial charge in [-0.25, -0.2) is 0 Å². The van der Waals surface area contributed by atoms with Crippen molar-refractivity contribution in [3.05, 3.63) is 17.5 Å². The van der Waals surface area contributed by atoms with E-state index in [1.54, 1.807) is 0 Å². The molecule has 6 nitrogen and oxygen atoms in total. The van der Waals surface area contributed by atoms with Crippen molar-refractivity contribution in [2.45, 2.75) is 13.3 Å². The molecule has 0 saturated carbocycles. The molecular weight excluding hydrogens is 347 g/mol. The number of halogens is 1. The largest absolute Gasteiger partial charge is 0.378 e. The molecule has 18 heavy (non-hydrogen) atoms. The Morgan fingerprint density at radius 1 is 1.50 bits per heavy atom. The van der Waals surface area contributed by atoms with Crippen molar-refractivity contribution in [3.8, 4) is 0 Å². The normalized spacial score (nSPS) is 16.5. The van der Waals surface area contributed by atoms with Gasteiger partial charge < -0.3 is 19.9 Å². The van der Waals surface area contributed by atoms with Crippen LogP contribution in [-0.2, 0) is 11.2 Å². The lowest BCUT2D eigenvalue weighted by Gasteiger charge is -2.27. The van der Waals surface area contributed by atoms with E-state index in [9.17, 15) is 0 Å². The average Bonchev–Trinajstić information content (AvgIpc) is 2.76. The Balaban J connectivity index is 0.00000162. The first kappa shape index (κ1) is 15.2. The summed E-state index contributed by atoms with van der Waals surface area (Å²) in [6.45, 7) is 5.60. The van der Waals surface area contributed by atoms with Crippen molar-refractivity contribution in [1.82, 2.24) is 10.1 Å². The molecule has 1 fully saturated rings. The molecule has 2 heterocycles. The molecule has 1 aromatic rings. The van der Waals surface area contributed by atoms with Crippen molar-refractivity contribution in [3.63, 3.8) is 0 Å². The van der Waals surface area contributed by atoms with E-state index in [0.717, 1.165) is 44.2 Å². The van der Waals surface area contributed by atoms with Gasteiger partial charge in [-0.1, -0.05) is 5.16 Å². The van der Waals surface area contributed by atoms with E-state index >= 15 is 0 Å². The van der Waals surface area contributed by atoms with E-state index < -0.39 is 0 Å². The first-order chi connectivity index (χ1) is 8.25. The zero-order valence-corrected chi connectivity index (χ0v) is 12.8. The van der Waals surface area contributed by atoms with Gasteiger partial charge in [-0.2, -0.15) is 0 Å². The van der Waals surface area contributed by atoms with Gasteiger partial charge in [-0.05, 0) is 6.92 Å². The number of aromatic nitrogens is 1. The molecule has 2 rings (SSSR count). The van der Waals surface area contributed by atoms with Crippen molar-refractivity contribution in [1.29, 1.82) is 0 Å². The maximum absolute atomic E-state index is 5.89. The lowest BCUT2D eigenvalue weighted by atomic mass is 10.3. The van der Waals surface area contributed by atoms with Crippen LogP contribution in [0.4, 0.5) is 0 Å². The molecule has 1 aliphatic rings. The van der Waals surface area contributed by atoms with Crippen molar-refractivity contribution in [2.24, 2.45) is 10.7 Å². The molecule has 0 atom stereocenters. The molecule has 0 unspecified atom stereocenters. The van der Waals surface area contributed by atoms with Gasteiger partial charge in [-0.3, -0.25) is 4.99 Å². The van der Waals surface area contributed by atoms with Crippen LogP contribution in [0.2, 0.25) is 0 Å². The SMILES string of the molecule is Cc1cc(CCN=C(N)N2CCOCC2)on1.I. The topological polar surface area (TPSA) is 76.9 Å². The van der Waals surface area contributed by atoms with E-state index in [2.05, 4.69) is 10.1 Å². The second-order valence-electron chi connectivity index (χ2n) is 4.02. The summed E-state index contributed by atoms with van der Waals surface area (Å²) in [5, 5.41) is 3.82. The van der Waals surface area contributed by atoms with Crippen LogP contribution in [0.5, 0.6) is 0 Å². The highest BCUT2D eigenvalue weighted by molar-refractivity contribution is 14.0. The van der Waals surface area contributed by atoms with Gasteiger partial charge in [0, 0.05) is 32.1 Å². The Bertz CT molecular complexity index is 388. The Morgan fingerprint density at radius 2 is 2.22 bits per heavy atom. The molecule has 0 amide bonds. The number of hydrogen-bond acceptors (Lipinski definition) is 4. The second-order valence-corrected chi connectivity index (χ2v) is 4.02. The van der Waals surface area contributed by atoms with Crippen molar-refractivity contribution >= 4 is 29.9 Å².